The number of rotatable bonds is 5. The maximum atomic E-state index is 6.70. The molecule has 2 aliphatic rings. The molecule has 2 atom stereocenters. The van der Waals surface area contributed by atoms with Gasteiger partial charge < -0.3 is 14.0 Å². The Morgan fingerprint density at radius 1 is 0.848 bits per heavy atom. The van der Waals surface area contributed by atoms with Crippen molar-refractivity contribution < 1.29 is 30.5 Å². The van der Waals surface area contributed by atoms with Crippen LogP contribution in [0.2, 0.25) is 0 Å². The third-order valence-corrected chi connectivity index (χ3v) is 8.98. The molecule has 0 spiro atoms. The van der Waals surface area contributed by atoms with E-state index in [0.29, 0.717) is 17.4 Å². The molecule has 46 heavy (non-hydrogen) atoms. The topological polar surface area (TPSA) is 48.6 Å². The minimum atomic E-state index is -0.129. The summed E-state index contributed by atoms with van der Waals surface area (Å²) in [6, 6.07) is 36.8. The van der Waals surface area contributed by atoms with Gasteiger partial charge in [0.05, 0.1) is 11.6 Å². The van der Waals surface area contributed by atoms with Gasteiger partial charge in [0, 0.05) is 28.5 Å². The van der Waals surface area contributed by atoms with E-state index in [-0.39, 0.29) is 38.6 Å². The number of aromatic nitrogens is 2. The van der Waals surface area contributed by atoms with E-state index >= 15 is 0 Å². The number of ether oxygens (including phenoxy) is 2. The molecule has 1 saturated carbocycles. The number of benzene rings is 4. The molecule has 2 aromatic heterocycles. The molecular formula is C40H35N3O2Pt. The molecular weight excluding hydrogens is 750 g/mol. The minimum Gasteiger partial charge on any atom is -0.515 e. The summed E-state index contributed by atoms with van der Waals surface area (Å²) < 4.78 is 15.2. The average molecular weight is 785 g/mol. The van der Waals surface area contributed by atoms with Gasteiger partial charge in [0.1, 0.15) is 17.6 Å². The molecule has 1 aliphatic heterocycles. The molecule has 232 valence electrons. The van der Waals surface area contributed by atoms with Gasteiger partial charge in [-0.2, -0.15) is 0 Å². The van der Waals surface area contributed by atoms with Crippen LogP contribution >= 0.6 is 0 Å². The van der Waals surface area contributed by atoms with E-state index in [1.807, 2.05) is 36.5 Å². The molecule has 0 bridgehead atoms. The predicted octanol–water partition coefficient (Wildman–Crippen LogP) is 9.54. The molecule has 6 aromatic rings. The van der Waals surface area contributed by atoms with E-state index in [0.717, 1.165) is 63.8 Å². The summed E-state index contributed by atoms with van der Waals surface area (Å²) in [5, 5.41) is 2.29. The van der Waals surface area contributed by atoms with E-state index in [4.69, 9.17) is 19.5 Å². The van der Waals surface area contributed by atoms with Crippen LogP contribution in [-0.2, 0) is 31.2 Å². The Balaban J connectivity index is 0.00000338. The minimum absolute atomic E-state index is 0. The zero-order chi connectivity index (χ0) is 30.7. The van der Waals surface area contributed by atoms with Crippen molar-refractivity contribution >= 4 is 27.8 Å². The smallest absolute Gasteiger partial charge is 0.515 e. The first-order valence-electron chi connectivity index (χ1n) is 15.8. The van der Waals surface area contributed by atoms with Crippen molar-refractivity contribution in [3.8, 4) is 28.3 Å². The van der Waals surface area contributed by atoms with Crippen molar-refractivity contribution in [1.29, 1.82) is 0 Å². The number of hydrogen-bond acceptors (Lipinski definition) is 4. The van der Waals surface area contributed by atoms with Gasteiger partial charge >= 0.3 is 21.1 Å². The molecule has 0 saturated heterocycles. The normalized spacial score (nSPS) is 17.4. The Bertz CT molecular complexity index is 2110. The Kier molecular flexibility index (Phi) is 7.85. The van der Waals surface area contributed by atoms with Gasteiger partial charge in [-0.05, 0) is 61.4 Å². The molecule has 5 nitrogen and oxygen atoms in total. The van der Waals surface area contributed by atoms with Gasteiger partial charge in [0.2, 0.25) is 0 Å². The maximum Gasteiger partial charge on any atom is 2.00 e. The van der Waals surface area contributed by atoms with Crippen molar-refractivity contribution in [3.05, 3.63) is 120 Å². The molecule has 0 N–H and O–H groups in total. The molecule has 4 aromatic carbocycles. The van der Waals surface area contributed by atoms with Crippen LogP contribution < -0.4 is 4.74 Å². The van der Waals surface area contributed by atoms with Crippen LogP contribution in [-0.4, -0.2) is 27.6 Å². The monoisotopic (exact) mass is 784 g/mol. The van der Waals surface area contributed by atoms with Gasteiger partial charge in [-0.1, -0.05) is 91.7 Å². The summed E-state index contributed by atoms with van der Waals surface area (Å²) in [6.07, 6.45) is 5.31. The standard InChI is InChI=1S/C40H35N3O2.Pt/c1-25-15-16-36-34(18-25)33-12-9-17-41-38(33)43(36)30-22-29(40(2,3)4)23-32(24-30)44-31-20-27(26-10-6-5-7-11-26)19-28(21-31)39-42-35-13-8-14-37(35)45-39;/h5-7,9-12,15-20,22-23,35,37H,8,13-14H2,1-4H3;/q-2;+2/t35-,37+;/m1./s1. The zero-order valence-corrected chi connectivity index (χ0v) is 28.7. The van der Waals surface area contributed by atoms with Crippen molar-refractivity contribution in [2.24, 2.45) is 4.99 Å². The average Bonchev–Trinajstić information content (AvgIpc) is 3.73. The summed E-state index contributed by atoms with van der Waals surface area (Å²) in [6.45, 7) is 8.78. The molecule has 1 aliphatic carbocycles. The summed E-state index contributed by atoms with van der Waals surface area (Å²) >= 11 is 0. The van der Waals surface area contributed by atoms with E-state index in [2.05, 4.69) is 99.0 Å². The first kappa shape index (κ1) is 30.4. The van der Waals surface area contributed by atoms with Crippen LogP contribution in [0, 0.1) is 19.1 Å². The Hall–Kier alpha value is -4.21. The Morgan fingerprint density at radius 3 is 2.48 bits per heavy atom. The quantitative estimate of drug-likeness (QED) is 0.164. The number of aryl methyl sites for hydroxylation is 1. The molecule has 0 unspecified atom stereocenters. The summed E-state index contributed by atoms with van der Waals surface area (Å²) in [5.41, 5.74) is 8.03. The second kappa shape index (κ2) is 11.9. The van der Waals surface area contributed by atoms with Crippen LogP contribution in [0.4, 0.5) is 0 Å². The second-order valence-corrected chi connectivity index (χ2v) is 13.3. The van der Waals surface area contributed by atoms with E-state index < -0.39 is 0 Å². The summed E-state index contributed by atoms with van der Waals surface area (Å²) in [5.74, 6) is 1.88. The Labute approximate surface area is 284 Å². The SMILES string of the molecule is Cc1ccc2c(c1)c1cccnc1n2-c1[c-]c(Oc2[c-]c(C3=N[C@@H]4CCC[C@@H]4O3)cc(-c3ccccc3)c2)cc(C(C)(C)C)c1.[Pt+2]. The van der Waals surface area contributed by atoms with Crippen LogP contribution in [0.3, 0.4) is 0 Å². The third kappa shape index (κ3) is 5.56. The van der Waals surface area contributed by atoms with E-state index in [1.165, 1.54) is 10.9 Å². The molecule has 3 heterocycles. The largest absolute Gasteiger partial charge is 2.00 e. The molecule has 1 fully saturated rings. The number of fused-ring (bicyclic) bond motifs is 4. The maximum absolute atomic E-state index is 6.70. The number of pyridine rings is 1. The first-order valence-corrected chi connectivity index (χ1v) is 15.8. The number of aliphatic imine (C=N–C) groups is 1. The van der Waals surface area contributed by atoms with Crippen LogP contribution in [0.25, 0.3) is 38.8 Å². The third-order valence-electron chi connectivity index (χ3n) is 8.98. The summed E-state index contributed by atoms with van der Waals surface area (Å²) in [4.78, 5) is 9.77. The van der Waals surface area contributed by atoms with Crippen molar-refractivity contribution in [3.63, 3.8) is 0 Å². The first-order chi connectivity index (χ1) is 21.8. The molecule has 0 radical (unpaired) electrons. The second-order valence-electron chi connectivity index (χ2n) is 13.3. The molecule has 8 rings (SSSR count). The number of nitrogens with zero attached hydrogens (tertiary/aromatic N) is 3. The summed E-state index contributed by atoms with van der Waals surface area (Å²) in [7, 11) is 0. The Morgan fingerprint density at radius 2 is 1.67 bits per heavy atom. The number of hydrogen-bond donors (Lipinski definition) is 0. The van der Waals surface area contributed by atoms with Crippen LogP contribution in [0.1, 0.15) is 56.7 Å². The van der Waals surface area contributed by atoms with Crippen molar-refractivity contribution in [2.75, 3.05) is 0 Å². The zero-order valence-electron chi connectivity index (χ0n) is 26.4. The fourth-order valence-electron chi connectivity index (χ4n) is 6.62. The van der Waals surface area contributed by atoms with E-state index in [9.17, 15) is 0 Å². The van der Waals surface area contributed by atoms with E-state index in [1.54, 1.807) is 0 Å². The van der Waals surface area contributed by atoms with Gasteiger partial charge in [-0.3, -0.25) is 4.99 Å². The van der Waals surface area contributed by atoms with Crippen LogP contribution in [0.15, 0.2) is 96.1 Å². The fraction of sp³-hybridized carbons (Fsp3) is 0.250. The van der Waals surface area contributed by atoms with Crippen molar-refractivity contribution in [1.82, 2.24) is 9.55 Å². The van der Waals surface area contributed by atoms with Crippen molar-refractivity contribution in [2.45, 2.75) is 64.5 Å². The van der Waals surface area contributed by atoms with Gasteiger partial charge in [-0.25, -0.2) is 4.98 Å². The molecule has 6 heteroatoms. The van der Waals surface area contributed by atoms with Gasteiger partial charge in [0.25, 0.3) is 0 Å². The molecule has 0 amide bonds. The van der Waals surface area contributed by atoms with Gasteiger partial charge in [0.15, 0.2) is 0 Å². The predicted molar refractivity (Wildman–Crippen MR) is 181 cm³/mol. The fourth-order valence-corrected chi connectivity index (χ4v) is 6.62. The van der Waals surface area contributed by atoms with Gasteiger partial charge in [-0.15, -0.1) is 29.8 Å². The van der Waals surface area contributed by atoms with Crippen LogP contribution in [0.5, 0.6) is 11.5 Å².